The Kier molecular flexibility index (Phi) is 5.41. The number of aromatic nitrogens is 1. The average Bonchev–Trinajstić information content (AvgIpc) is 3.67. The third-order valence-corrected chi connectivity index (χ3v) is 7.40. The van der Waals surface area contributed by atoms with Crippen molar-refractivity contribution in [3.63, 3.8) is 0 Å². The van der Waals surface area contributed by atoms with E-state index in [1.807, 2.05) is 54.6 Å². The Morgan fingerprint density at radius 3 is 1.87 bits per heavy atom. The lowest BCUT2D eigenvalue weighted by molar-refractivity contribution is -0.356. The molecule has 0 N–H and O–H groups in total. The largest absolute Gasteiger partial charge is 0.737 e. The minimum absolute atomic E-state index is 0.523. The van der Waals surface area contributed by atoms with Gasteiger partial charge in [-0.25, -0.2) is 0 Å². The number of rotatable bonds is 5. The van der Waals surface area contributed by atoms with Crippen LogP contribution in [0.25, 0.3) is 16.7 Å². The van der Waals surface area contributed by atoms with Crippen molar-refractivity contribution in [1.82, 2.24) is 4.48 Å². The molecule has 4 aromatic carbocycles. The molecule has 2 aliphatic rings. The molecule has 0 radical (unpaired) electrons. The fourth-order valence-corrected chi connectivity index (χ4v) is 5.64. The first-order chi connectivity index (χ1) is 19.1. The number of anilines is 3. The molecule has 2 aliphatic heterocycles. The molecule has 188 valence electrons. The molecule has 0 spiro atoms. The number of halogens is 2. The second-order valence-corrected chi connectivity index (χ2v) is 9.66. The molecule has 3 nitrogen and oxygen atoms in total. The van der Waals surface area contributed by atoms with Crippen LogP contribution in [0.4, 0.5) is 25.7 Å². The summed E-state index contributed by atoms with van der Waals surface area (Å²) in [5.74, 6) is 0. The molecule has 1 aromatic heterocycles. The molecular formula is C33H24BF2N3. The topological polar surface area (TPSA) is 11.2 Å². The van der Waals surface area contributed by atoms with Crippen molar-refractivity contribution in [1.29, 1.82) is 0 Å². The van der Waals surface area contributed by atoms with Crippen LogP contribution in [0.2, 0.25) is 0 Å². The van der Waals surface area contributed by atoms with E-state index in [4.69, 9.17) is 0 Å². The van der Waals surface area contributed by atoms with Crippen LogP contribution in [-0.4, -0.2) is 22.1 Å². The van der Waals surface area contributed by atoms with Crippen LogP contribution < -0.4 is 4.90 Å². The van der Waals surface area contributed by atoms with Crippen molar-refractivity contribution in [2.75, 3.05) is 4.90 Å². The highest BCUT2D eigenvalue weighted by Crippen LogP contribution is 2.42. The van der Waals surface area contributed by atoms with Gasteiger partial charge in [0.25, 0.3) is 0 Å². The molecule has 39 heavy (non-hydrogen) atoms. The van der Waals surface area contributed by atoms with Crippen LogP contribution >= 0.6 is 0 Å². The summed E-state index contributed by atoms with van der Waals surface area (Å²) in [6.45, 7) is -3.94. The SMILES string of the molecule is F[B-]1(F)n2cccc2C(c2ccccc2-c2ccc(N(c3ccccc3)c3ccccc3)cc2)=C2C=CC=[N+]21. The van der Waals surface area contributed by atoms with Gasteiger partial charge in [-0.1, -0.05) is 72.8 Å². The monoisotopic (exact) mass is 511 g/mol. The lowest BCUT2D eigenvalue weighted by Crippen LogP contribution is -2.49. The van der Waals surface area contributed by atoms with E-state index in [1.165, 1.54) is 12.4 Å². The van der Waals surface area contributed by atoms with E-state index in [2.05, 4.69) is 59.5 Å². The first kappa shape index (κ1) is 23.2. The highest BCUT2D eigenvalue weighted by atomic mass is 19.2. The zero-order valence-electron chi connectivity index (χ0n) is 21.0. The van der Waals surface area contributed by atoms with Crippen molar-refractivity contribution < 1.29 is 13.1 Å². The summed E-state index contributed by atoms with van der Waals surface area (Å²) < 4.78 is 32.9. The van der Waals surface area contributed by atoms with Crippen LogP contribution in [0.3, 0.4) is 0 Å². The van der Waals surface area contributed by atoms with Gasteiger partial charge in [0.05, 0.1) is 5.57 Å². The minimum atomic E-state index is -3.94. The molecule has 7 rings (SSSR count). The first-order valence-electron chi connectivity index (χ1n) is 13.0. The third-order valence-electron chi connectivity index (χ3n) is 7.40. The molecule has 0 unspecified atom stereocenters. The predicted octanol–water partition coefficient (Wildman–Crippen LogP) is 8.27. The Labute approximate surface area is 226 Å². The summed E-state index contributed by atoms with van der Waals surface area (Å²) in [6.07, 6.45) is 6.41. The first-order valence-corrected chi connectivity index (χ1v) is 13.0. The maximum atomic E-state index is 15.3. The molecule has 0 atom stereocenters. The Morgan fingerprint density at radius 2 is 1.21 bits per heavy atom. The molecule has 6 heteroatoms. The molecule has 0 amide bonds. The van der Waals surface area contributed by atoms with Gasteiger partial charge in [-0.2, -0.15) is 0 Å². The van der Waals surface area contributed by atoms with Gasteiger partial charge in [0.1, 0.15) is 6.21 Å². The predicted molar refractivity (Wildman–Crippen MR) is 156 cm³/mol. The van der Waals surface area contributed by atoms with Crippen molar-refractivity contribution in [2.24, 2.45) is 0 Å². The van der Waals surface area contributed by atoms with E-state index in [0.717, 1.165) is 48.3 Å². The number of allylic oxidation sites excluding steroid dienone is 2. The quantitative estimate of drug-likeness (QED) is 0.216. The van der Waals surface area contributed by atoms with Crippen molar-refractivity contribution in [3.05, 3.63) is 157 Å². The summed E-state index contributed by atoms with van der Waals surface area (Å²) in [5, 5.41) is 0. The highest BCUT2D eigenvalue weighted by molar-refractivity contribution is 6.57. The lowest BCUT2D eigenvalue weighted by atomic mass is 9.84. The number of para-hydroxylation sites is 2. The Balaban J connectivity index is 1.34. The maximum Gasteiger partial charge on any atom is 0.737 e. The number of benzene rings is 4. The van der Waals surface area contributed by atoms with E-state index in [9.17, 15) is 0 Å². The average molecular weight is 511 g/mol. The highest BCUT2D eigenvalue weighted by Gasteiger charge is 2.51. The summed E-state index contributed by atoms with van der Waals surface area (Å²) >= 11 is 0. The van der Waals surface area contributed by atoms with Gasteiger partial charge < -0.3 is 22.5 Å². The van der Waals surface area contributed by atoms with E-state index in [1.54, 1.807) is 24.3 Å². The van der Waals surface area contributed by atoms with Gasteiger partial charge in [0, 0.05) is 34.9 Å². The van der Waals surface area contributed by atoms with E-state index >= 15 is 8.63 Å². The summed E-state index contributed by atoms with van der Waals surface area (Å²) in [6, 6.07) is 40.5. The maximum absolute atomic E-state index is 15.3. The fourth-order valence-electron chi connectivity index (χ4n) is 5.64. The molecule has 0 bridgehead atoms. The minimum Gasteiger partial charge on any atom is -0.396 e. The molecule has 0 aliphatic carbocycles. The fraction of sp³-hybridized carbons (Fsp3) is 0. The Morgan fingerprint density at radius 1 is 0.615 bits per heavy atom. The standard InChI is InChI=1S/C33H24BF2N3/c35-34(36)37-23-9-17-31(37)33(32-18-10-24-38(32)34)30-16-8-7-15-29(30)25-19-21-28(22-20-25)39(26-11-3-1-4-12-26)27-13-5-2-6-14-27/h1-24H. The zero-order valence-corrected chi connectivity index (χ0v) is 21.0. The molecule has 5 aromatic rings. The van der Waals surface area contributed by atoms with Gasteiger partial charge in [0.2, 0.25) is 0 Å². The van der Waals surface area contributed by atoms with Crippen LogP contribution in [0.5, 0.6) is 0 Å². The molecule has 0 saturated heterocycles. The van der Waals surface area contributed by atoms with E-state index in [-0.39, 0.29) is 0 Å². The summed E-state index contributed by atoms with van der Waals surface area (Å²) in [5.41, 5.74) is 7.93. The molecular weight excluding hydrogens is 487 g/mol. The number of hydrogen-bond acceptors (Lipinski definition) is 1. The van der Waals surface area contributed by atoms with Crippen LogP contribution in [0.15, 0.2) is 145 Å². The smallest absolute Gasteiger partial charge is 0.396 e. The second-order valence-electron chi connectivity index (χ2n) is 9.66. The number of fused-ring (bicyclic) bond motifs is 2. The van der Waals surface area contributed by atoms with Crippen LogP contribution in [-0.2, 0) is 0 Å². The van der Waals surface area contributed by atoms with Crippen LogP contribution in [0.1, 0.15) is 11.3 Å². The molecule has 0 fully saturated rings. The lowest BCUT2D eigenvalue weighted by Gasteiger charge is -2.31. The number of nitrogens with zero attached hydrogens (tertiary/aromatic N) is 3. The summed E-state index contributed by atoms with van der Waals surface area (Å²) in [7, 11) is 0. The second kappa shape index (κ2) is 9.10. The normalized spacial score (nSPS) is 15.1. The van der Waals surface area contributed by atoms with E-state index in [0.29, 0.717) is 11.4 Å². The van der Waals surface area contributed by atoms with Crippen LogP contribution in [0, 0.1) is 0 Å². The third kappa shape index (κ3) is 3.76. The molecule has 0 saturated carbocycles. The Bertz CT molecular complexity index is 1730. The van der Waals surface area contributed by atoms with E-state index < -0.39 is 6.97 Å². The Hall–Kier alpha value is -4.97. The number of hydrogen-bond donors (Lipinski definition) is 0. The van der Waals surface area contributed by atoms with Crippen molar-refractivity contribution in [2.45, 2.75) is 0 Å². The zero-order chi connectivity index (χ0) is 26.4. The van der Waals surface area contributed by atoms with Crippen molar-refractivity contribution in [3.8, 4) is 11.1 Å². The van der Waals surface area contributed by atoms with Gasteiger partial charge >= 0.3 is 6.97 Å². The van der Waals surface area contributed by atoms with Gasteiger partial charge in [-0.3, -0.25) is 0 Å². The van der Waals surface area contributed by atoms with Gasteiger partial charge in [-0.05, 0) is 71.4 Å². The van der Waals surface area contributed by atoms with Gasteiger partial charge in [-0.15, -0.1) is 0 Å². The van der Waals surface area contributed by atoms with Gasteiger partial charge in [0.15, 0.2) is 5.70 Å². The summed E-state index contributed by atoms with van der Waals surface area (Å²) in [4.78, 5) is 2.22. The molecule has 3 heterocycles. The van der Waals surface area contributed by atoms with Crippen molar-refractivity contribution >= 4 is 35.8 Å².